The fourth-order valence-corrected chi connectivity index (χ4v) is 2.74. The zero-order chi connectivity index (χ0) is 8.55. The Kier molecular flexibility index (Phi) is 2.18. The Morgan fingerprint density at radius 1 is 1.08 bits per heavy atom. The van der Waals surface area contributed by atoms with Gasteiger partial charge in [0.05, 0.1) is 6.04 Å². The van der Waals surface area contributed by atoms with Crippen molar-refractivity contribution in [1.29, 1.82) is 0 Å². The Labute approximate surface area is 73.5 Å². The van der Waals surface area contributed by atoms with Crippen LogP contribution in [0.5, 0.6) is 0 Å². The molecule has 2 nitrogen and oxygen atoms in total. The van der Waals surface area contributed by atoms with Gasteiger partial charge in [0.25, 0.3) is 0 Å². The van der Waals surface area contributed by atoms with E-state index in [1.807, 2.05) is 0 Å². The number of fused-ring (bicyclic) bond motifs is 1. The summed E-state index contributed by atoms with van der Waals surface area (Å²) in [5.74, 6) is 1.37. The third-order valence-corrected chi connectivity index (χ3v) is 3.49. The van der Waals surface area contributed by atoms with Crippen LogP contribution in [0.15, 0.2) is 0 Å². The lowest BCUT2D eigenvalue weighted by Gasteiger charge is -2.36. The molecule has 2 rings (SSSR count). The molecule has 2 aliphatic rings. The molecule has 0 saturated heterocycles. The van der Waals surface area contributed by atoms with Crippen molar-refractivity contribution in [3.63, 3.8) is 0 Å². The van der Waals surface area contributed by atoms with Crippen molar-refractivity contribution in [2.75, 3.05) is 0 Å². The van der Waals surface area contributed by atoms with Crippen LogP contribution in [-0.4, -0.2) is 11.8 Å². The highest BCUT2D eigenvalue weighted by Gasteiger charge is 2.37. The standard InChI is InChI=1S/C10H17NO/c11-9-6-5-7-3-1-2-4-8(7)10(9)12/h7-9H,1-6,11H2/t7-,8-,9+/m1/s1. The maximum atomic E-state index is 11.6. The van der Waals surface area contributed by atoms with Crippen LogP contribution < -0.4 is 5.73 Å². The van der Waals surface area contributed by atoms with Crippen molar-refractivity contribution in [3.05, 3.63) is 0 Å². The first-order valence-corrected chi connectivity index (χ1v) is 5.08. The quantitative estimate of drug-likeness (QED) is 0.594. The van der Waals surface area contributed by atoms with Gasteiger partial charge in [0.15, 0.2) is 5.78 Å². The number of carbonyl (C=O) groups is 1. The van der Waals surface area contributed by atoms with E-state index in [2.05, 4.69) is 0 Å². The average Bonchev–Trinajstić information content (AvgIpc) is 2.12. The molecule has 0 spiro atoms. The second-order valence-electron chi connectivity index (χ2n) is 4.24. The molecule has 2 heteroatoms. The van der Waals surface area contributed by atoms with Gasteiger partial charge in [-0.1, -0.05) is 12.8 Å². The minimum Gasteiger partial charge on any atom is -0.321 e. The minimum absolute atomic E-state index is 0.135. The highest BCUT2D eigenvalue weighted by atomic mass is 16.1. The van der Waals surface area contributed by atoms with E-state index >= 15 is 0 Å². The van der Waals surface area contributed by atoms with Gasteiger partial charge in [-0.3, -0.25) is 4.79 Å². The van der Waals surface area contributed by atoms with Crippen LogP contribution in [0.25, 0.3) is 0 Å². The van der Waals surface area contributed by atoms with Crippen LogP contribution in [0.2, 0.25) is 0 Å². The third-order valence-electron chi connectivity index (χ3n) is 3.49. The van der Waals surface area contributed by atoms with Gasteiger partial charge in [0.2, 0.25) is 0 Å². The summed E-state index contributed by atoms with van der Waals surface area (Å²) in [5, 5.41) is 0. The van der Waals surface area contributed by atoms with E-state index in [4.69, 9.17) is 5.73 Å². The number of ketones is 1. The number of hydrogen-bond donors (Lipinski definition) is 1. The van der Waals surface area contributed by atoms with Gasteiger partial charge in [-0.15, -0.1) is 0 Å². The predicted octanol–water partition coefficient (Wildman–Crippen LogP) is 1.48. The van der Waals surface area contributed by atoms with E-state index < -0.39 is 0 Å². The second-order valence-corrected chi connectivity index (χ2v) is 4.24. The molecule has 0 unspecified atom stereocenters. The number of rotatable bonds is 0. The molecule has 0 amide bonds. The highest BCUT2D eigenvalue weighted by molar-refractivity contribution is 5.87. The van der Waals surface area contributed by atoms with E-state index in [1.165, 1.54) is 25.7 Å². The lowest BCUT2D eigenvalue weighted by Crippen LogP contribution is -2.44. The topological polar surface area (TPSA) is 43.1 Å². The SMILES string of the molecule is N[C@H]1CC[C@H]2CCCC[C@H]2C1=O. The number of nitrogens with two attached hydrogens (primary N) is 1. The molecule has 0 aromatic carbocycles. The van der Waals surface area contributed by atoms with Crippen LogP contribution in [0, 0.1) is 11.8 Å². The first-order valence-electron chi connectivity index (χ1n) is 5.08. The summed E-state index contributed by atoms with van der Waals surface area (Å²) in [5.41, 5.74) is 5.74. The van der Waals surface area contributed by atoms with E-state index in [1.54, 1.807) is 0 Å². The summed E-state index contributed by atoms with van der Waals surface area (Å²) in [6.07, 6.45) is 7.06. The molecule has 2 fully saturated rings. The summed E-state index contributed by atoms with van der Waals surface area (Å²) in [6.45, 7) is 0. The van der Waals surface area contributed by atoms with Crippen LogP contribution >= 0.6 is 0 Å². The molecule has 2 N–H and O–H groups in total. The summed E-state index contributed by atoms with van der Waals surface area (Å²) in [7, 11) is 0. The smallest absolute Gasteiger partial charge is 0.152 e. The molecule has 12 heavy (non-hydrogen) atoms. The number of carbonyl (C=O) groups excluding carboxylic acids is 1. The van der Waals surface area contributed by atoms with Gasteiger partial charge < -0.3 is 5.73 Å². The van der Waals surface area contributed by atoms with Crippen molar-refractivity contribution in [2.24, 2.45) is 17.6 Å². The van der Waals surface area contributed by atoms with E-state index in [9.17, 15) is 4.79 Å². The van der Waals surface area contributed by atoms with Crippen molar-refractivity contribution in [2.45, 2.75) is 44.6 Å². The highest BCUT2D eigenvalue weighted by Crippen LogP contribution is 2.37. The molecular formula is C10H17NO. The van der Waals surface area contributed by atoms with Gasteiger partial charge in [0, 0.05) is 5.92 Å². The Morgan fingerprint density at radius 3 is 2.67 bits per heavy atom. The molecule has 0 bridgehead atoms. The Balaban J connectivity index is 2.08. The summed E-state index contributed by atoms with van der Waals surface area (Å²) in [6, 6.07) is -0.135. The van der Waals surface area contributed by atoms with Gasteiger partial charge in [-0.05, 0) is 31.6 Å². The Morgan fingerprint density at radius 2 is 1.83 bits per heavy atom. The Hall–Kier alpha value is -0.370. The van der Waals surface area contributed by atoms with Gasteiger partial charge in [0.1, 0.15) is 0 Å². The summed E-state index contributed by atoms with van der Waals surface area (Å²) in [4.78, 5) is 11.6. The van der Waals surface area contributed by atoms with Crippen molar-refractivity contribution >= 4 is 5.78 Å². The molecule has 68 valence electrons. The van der Waals surface area contributed by atoms with Gasteiger partial charge in [-0.2, -0.15) is 0 Å². The molecular weight excluding hydrogens is 150 g/mol. The molecule has 3 atom stereocenters. The lowest BCUT2D eigenvalue weighted by molar-refractivity contribution is -0.129. The fourth-order valence-electron chi connectivity index (χ4n) is 2.74. The number of hydrogen-bond acceptors (Lipinski definition) is 2. The fraction of sp³-hybridized carbons (Fsp3) is 0.900. The molecule has 2 aliphatic carbocycles. The molecule has 0 aromatic heterocycles. The zero-order valence-corrected chi connectivity index (χ0v) is 7.46. The van der Waals surface area contributed by atoms with Gasteiger partial charge >= 0.3 is 0 Å². The van der Waals surface area contributed by atoms with E-state index in [-0.39, 0.29) is 6.04 Å². The van der Waals surface area contributed by atoms with E-state index in [0.717, 1.165) is 12.8 Å². The molecule has 0 heterocycles. The van der Waals surface area contributed by atoms with Gasteiger partial charge in [-0.25, -0.2) is 0 Å². The summed E-state index contributed by atoms with van der Waals surface area (Å²) < 4.78 is 0. The van der Waals surface area contributed by atoms with Crippen molar-refractivity contribution in [3.8, 4) is 0 Å². The molecule has 0 radical (unpaired) electrons. The van der Waals surface area contributed by atoms with Crippen LogP contribution in [0.1, 0.15) is 38.5 Å². The third kappa shape index (κ3) is 1.28. The molecule has 2 saturated carbocycles. The maximum Gasteiger partial charge on any atom is 0.152 e. The normalized spacial score (nSPS) is 42.4. The van der Waals surface area contributed by atoms with Crippen molar-refractivity contribution in [1.82, 2.24) is 0 Å². The first-order chi connectivity index (χ1) is 5.79. The zero-order valence-electron chi connectivity index (χ0n) is 7.46. The molecule has 0 aromatic rings. The average molecular weight is 167 g/mol. The number of Topliss-reactive ketones (excluding diaryl/α,β-unsaturated/α-hetero) is 1. The lowest BCUT2D eigenvalue weighted by atomic mass is 9.69. The summed E-state index contributed by atoms with van der Waals surface area (Å²) >= 11 is 0. The Bertz CT molecular complexity index is 190. The predicted molar refractivity (Wildman–Crippen MR) is 47.7 cm³/mol. The second kappa shape index (κ2) is 3.17. The monoisotopic (exact) mass is 167 g/mol. The minimum atomic E-state index is -0.135. The van der Waals surface area contributed by atoms with Crippen molar-refractivity contribution < 1.29 is 4.79 Å². The van der Waals surface area contributed by atoms with Crippen LogP contribution in [-0.2, 0) is 4.79 Å². The van der Waals surface area contributed by atoms with E-state index in [0.29, 0.717) is 17.6 Å². The first kappa shape index (κ1) is 8.24. The van der Waals surface area contributed by atoms with Crippen LogP contribution in [0.3, 0.4) is 0 Å². The van der Waals surface area contributed by atoms with Crippen LogP contribution in [0.4, 0.5) is 0 Å². The molecule has 0 aliphatic heterocycles. The maximum absolute atomic E-state index is 11.6. The largest absolute Gasteiger partial charge is 0.321 e.